The van der Waals surface area contributed by atoms with Crippen LogP contribution in [0.3, 0.4) is 0 Å². The van der Waals surface area contributed by atoms with Gasteiger partial charge in [0.25, 0.3) is 0 Å². The zero-order valence-corrected chi connectivity index (χ0v) is 18.9. The first-order chi connectivity index (χ1) is 14.2. The Labute approximate surface area is 185 Å². The molecule has 3 rings (SSSR count). The van der Waals surface area contributed by atoms with Gasteiger partial charge in [-0.15, -0.1) is 11.6 Å². The van der Waals surface area contributed by atoms with Gasteiger partial charge in [-0.05, 0) is 24.6 Å². The molecule has 2 fully saturated rings. The summed E-state index contributed by atoms with van der Waals surface area (Å²) >= 11 is 10.6. The van der Waals surface area contributed by atoms with E-state index in [-0.39, 0.29) is 19.2 Å². The molecule has 0 aromatic heterocycles. The first kappa shape index (κ1) is 23.0. The van der Waals surface area contributed by atoms with Gasteiger partial charge in [-0.3, -0.25) is 4.90 Å². The number of halogens is 2. The summed E-state index contributed by atoms with van der Waals surface area (Å²) in [5.41, 5.74) is 0.769. The molecule has 0 saturated carbocycles. The highest BCUT2D eigenvalue weighted by Crippen LogP contribution is 2.28. The lowest BCUT2D eigenvalue weighted by Crippen LogP contribution is -2.49. The average Bonchev–Trinajstić information content (AvgIpc) is 3.12. The molecule has 12 heteroatoms. The molecule has 0 bridgehead atoms. The topological polar surface area (TPSA) is 82.2 Å². The summed E-state index contributed by atoms with van der Waals surface area (Å²) in [5.74, 6) is -0.484. The third kappa shape index (κ3) is 5.13. The van der Waals surface area contributed by atoms with E-state index in [1.807, 2.05) is 6.92 Å². The van der Waals surface area contributed by atoms with E-state index >= 15 is 0 Å². The minimum atomic E-state index is -3.47. The zero-order valence-electron chi connectivity index (χ0n) is 16.5. The van der Waals surface area contributed by atoms with Crippen LogP contribution in [0.2, 0.25) is 0 Å². The van der Waals surface area contributed by atoms with E-state index in [2.05, 4.69) is 5.32 Å². The van der Waals surface area contributed by atoms with Crippen LogP contribution in [-0.4, -0.2) is 74.4 Å². The summed E-state index contributed by atoms with van der Waals surface area (Å²) < 4.78 is 45.1. The number of hydrogen-bond acceptors (Lipinski definition) is 6. The van der Waals surface area contributed by atoms with E-state index in [0.717, 1.165) is 0 Å². The molecule has 2 heterocycles. The highest BCUT2D eigenvalue weighted by atomic mass is 35.5. The Hall–Kier alpha value is -1.69. The van der Waals surface area contributed by atoms with Crippen molar-refractivity contribution in [3.8, 4) is 0 Å². The normalized spacial score (nSPS) is 20.4. The summed E-state index contributed by atoms with van der Waals surface area (Å²) in [6.07, 6.45) is -0.198. The maximum absolute atomic E-state index is 14.8. The van der Waals surface area contributed by atoms with Gasteiger partial charge in [0.1, 0.15) is 17.1 Å². The molecule has 1 aromatic rings. The number of alkyl halides is 1. The number of benzene rings is 1. The highest BCUT2D eigenvalue weighted by molar-refractivity contribution is 7.90. The molecule has 1 N–H and O–H groups in total. The molecule has 2 aliphatic rings. The van der Waals surface area contributed by atoms with Crippen LogP contribution >= 0.6 is 23.8 Å². The van der Waals surface area contributed by atoms with Crippen molar-refractivity contribution in [1.29, 1.82) is 0 Å². The average molecular weight is 479 g/mol. The summed E-state index contributed by atoms with van der Waals surface area (Å²) in [6, 6.07) is 4.56. The van der Waals surface area contributed by atoms with Gasteiger partial charge in [0, 0.05) is 26.2 Å². The number of hydrogen-bond donors (Lipinski definition) is 1. The first-order valence-corrected chi connectivity index (χ1v) is 12.1. The van der Waals surface area contributed by atoms with Gasteiger partial charge < -0.3 is 15.0 Å². The van der Waals surface area contributed by atoms with Gasteiger partial charge in [0.2, 0.25) is 10.0 Å². The van der Waals surface area contributed by atoms with Crippen LogP contribution in [0.25, 0.3) is 0 Å². The first-order valence-electron chi connectivity index (χ1n) is 9.58. The minimum absolute atomic E-state index is 0.239. The number of rotatable bonds is 7. The molecular weight excluding hydrogens is 455 g/mol. The van der Waals surface area contributed by atoms with Crippen molar-refractivity contribution in [2.75, 3.05) is 54.3 Å². The summed E-state index contributed by atoms with van der Waals surface area (Å²) in [6.45, 7) is 3.82. The molecule has 1 amide bonds. The predicted molar refractivity (Wildman–Crippen MR) is 118 cm³/mol. The second kappa shape index (κ2) is 9.63. The SMILES string of the molecule is CCC(=S)NCC1CN(c2ccc(N3CCN(S(=O)(=O)CCl)CC3)c(F)c2)C(=O)O1. The number of nitrogens with zero attached hydrogens (tertiary/aromatic N) is 3. The lowest BCUT2D eigenvalue weighted by Gasteiger charge is -2.35. The number of carbonyl (C=O) groups is 1. The van der Waals surface area contributed by atoms with Crippen LogP contribution in [0.4, 0.5) is 20.6 Å². The predicted octanol–water partition coefficient (Wildman–Crippen LogP) is 2.13. The van der Waals surface area contributed by atoms with Crippen LogP contribution in [-0.2, 0) is 14.8 Å². The Morgan fingerprint density at radius 3 is 2.63 bits per heavy atom. The van der Waals surface area contributed by atoms with E-state index in [0.29, 0.717) is 49.0 Å². The van der Waals surface area contributed by atoms with E-state index < -0.39 is 27.1 Å². The van der Waals surface area contributed by atoms with Crippen molar-refractivity contribution in [1.82, 2.24) is 9.62 Å². The van der Waals surface area contributed by atoms with E-state index in [9.17, 15) is 17.6 Å². The number of anilines is 2. The number of nitrogens with one attached hydrogen (secondary N) is 1. The van der Waals surface area contributed by atoms with Crippen molar-refractivity contribution in [2.45, 2.75) is 19.4 Å². The number of amides is 1. The van der Waals surface area contributed by atoms with Crippen molar-refractivity contribution >= 4 is 56.3 Å². The van der Waals surface area contributed by atoms with Crippen LogP contribution in [0.1, 0.15) is 13.3 Å². The number of piperazine rings is 1. The van der Waals surface area contributed by atoms with Crippen LogP contribution in [0, 0.1) is 5.82 Å². The number of cyclic esters (lactones) is 1. The van der Waals surface area contributed by atoms with Crippen molar-refractivity contribution < 1.29 is 22.3 Å². The van der Waals surface area contributed by atoms with E-state index in [1.165, 1.54) is 15.3 Å². The maximum atomic E-state index is 14.8. The molecule has 0 aliphatic carbocycles. The number of sulfonamides is 1. The summed E-state index contributed by atoms with van der Waals surface area (Å²) in [4.78, 5) is 16.1. The Morgan fingerprint density at radius 2 is 2.03 bits per heavy atom. The number of carbonyl (C=O) groups excluding carboxylic acids is 1. The van der Waals surface area contributed by atoms with Crippen molar-refractivity contribution in [3.05, 3.63) is 24.0 Å². The highest BCUT2D eigenvalue weighted by Gasteiger charge is 2.33. The smallest absolute Gasteiger partial charge is 0.414 e. The molecule has 1 unspecified atom stereocenters. The summed E-state index contributed by atoms with van der Waals surface area (Å²) in [5, 5.41) is 2.57. The van der Waals surface area contributed by atoms with Gasteiger partial charge in [0.15, 0.2) is 0 Å². The quantitative estimate of drug-likeness (QED) is 0.475. The Morgan fingerprint density at radius 1 is 1.33 bits per heavy atom. The largest absolute Gasteiger partial charge is 0.442 e. The third-order valence-corrected chi connectivity index (χ3v) is 7.76. The molecule has 0 radical (unpaired) electrons. The Balaban J connectivity index is 1.63. The second-order valence-corrected chi connectivity index (χ2v) is 10.1. The van der Waals surface area contributed by atoms with Crippen LogP contribution in [0.15, 0.2) is 18.2 Å². The Kier molecular flexibility index (Phi) is 7.38. The molecule has 8 nitrogen and oxygen atoms in total. The third-order valence-electron chi connectivity index (χ3n) is 5.08. The van der Waals surface area contributed by atoms with Gasteiger partial charge >= 0.3 is 6.09 Å². The fourth-order valence-corrected chi connectivity index (χ4v) is 4.74. The number of ether oxygens (including phenoxy) is 1. The standard InChI is InChI=1S/C18H24ClFN4O4S2/c1-2-17(29)21-10-14-11-24(18(25)28-14)13-3-4-16(15(20)9-13)22-5-7-23(8-6-22)30(26,27)12-19/h3-4,9,14H,2,5-8,10-12H2,1H3,(H,21,29). The molecule has 166 valence electrons. The Bertz CT molecular complexity index is 909. The summed E-state index contributed by atoms with van der Waals surface area (Å²) in [7, 11) is -3.47. The monoisotopic (exact) mass is 478 g/mol. The van der Waals surface area contributed by atoms with Gasteiger partial charge in [-0.2, -0.15) is 4.31 Å². The van der Waals surface area contributed by atoms with Gasteiger partial charge in [-0.1, -0.05) is 19.1 Å². The molecule has 2 saturated heterocycles. The molecule has 30 heavy (non-hydrogen) atoms. The van der Waals surface area contributed by atoms with Crippen molar-refractivity contribution in [2.24, 2.45) is 0 Å². The second-order valence-electron chi connectivity index (χ2n) is 7.02. The molecular formula is C18H24ClFN4O4S2. The maximum Gasteiger partial charge on any atom is 0.414 e. The van der Waals surface area contributed by atoms with E-state index in [1.54, 1.807) is 17.0 Å². The lowest BCUT2D eigenvalue weighted by atomic mass is 10.2. The van der Waals surface area contributed by atoms with Crippen LogP contribution in [0.5, 0.6) is 0 Å². The van der Waals surface area contributed by atoms with Gasteiger partial charge in [0.05, 0.1) is 29.5 Å². The number of thiocarbonyl (C=S) groups is 1. The fraction of sp³-hybridized carbons (Fsp3) is 0.556. The van der Waals surface area contributed by atoms with Gasteiger partial charge in [-0.25, -0.2) is 17.6 Å². The molecule has 2 aliphatic heterocycles. The minimum Gasteiger partial charge on any atom is -0.442 e. The molecule has 0 spiro atoms. The van der Waals surface area contributed by atoms with E-state index in [4.69, 9.17) is 28.6 Å². The fourth-order valence-electron chi connectivity index (χ4n) is 3.39. The van der Waals surface area contributed by atoms with Crippen molar-refractivity contribution in [3.63, 3.8) is 0 Å². The van der Waals surface area contributed by atoms with Crippen LogP contribution < -0.4 is 15.1 Å². The zero-order chi connectivity index (χ0) is 21.9. The molecule has 1 aromatic carbocycles. The lowest BCUT2D eigenvalue weighted by molar-refractivity contribution is 0.143. The molecule has 1 atom stereocenters.